The Bertz CT molecular complexity index is 717. The fourth-order valence-electron chi connectivity index (χ4n) is 1.92. The van der Waals surface area contributed by atoms with E-state index in [1.54, 1.807) is 19.5 Å². The van der Waals surface area contributed by atoms with Crippen LogP contribution in [-0.2, 0) is 0 Å². The van der Waals surface area contributed by atoms with E-state index in [1.807, 2.05) is 42.5 Å². The molecule has 0 aliphatic rings. The number of aromatic nitrogens is 3. The molecular formula is C15H13N3O. The summed E-state index contributed by atoms with van der Waals surface area (Å²) in [5, 5.41) is 8.38. The van der Waals surface area contributed by atoms with E-state index in [4.69, 9.17) is 4.74 Å². The van der Waals surface area contributed by atoms with E-state index in [1.165, 1.54) is 0 Å². The Morgan fingerprint density at radius 1 is 1.11 bits per heavy atom. The molecule has 2 heterocycles. The zero-order chi connectivity index (χ0) is 13.1. The Hall–Kier alpha value is -2.62. The number of ether oxygens (including phenoxy) is 1. The lowest BCUT2D eigenvalue weighted by atomic mass is 10.1. The molecule has 19 heavy (non-hydrogen) atoms. The van der Waals surface area contributed by atoms with Crippen LogP contribution in [0.2, 0.25) is 0 Å². The van der Waals surface area contributed by atoms with Crippen LogP contribution >= 0.6 is 0 Å². The lowest BCUT2D eigenvalue weighted by Gasteiger charge is -1.98. The summed E-state index contributed by atoms with van der Waals surface area (Å²) >= 11 is 0. The normalized spacial score (nSPS) is 11.2. The minimum atomic E-state index is 0.820. The van der Waals surface area contributed by atoms with Crippen LogP contribution in [0.5, 0.6) is 5.75 Å². The first kappa shape index (κ1) is 11.5. The van der Waals surface area contributed by atoms with Crippen LogP contribution in [0.25, 0.3) is 23.1 Å². The van der Waals surface area contributed by atoms with Crippen LogP contribution in [0.15, 0.2) is 42.7 Å². The third-order valence-electron chi connectivity index (χ3n) is 2.94. The molecule has 0 saturated heterocycles. The van der Waals surface area contributed by atoms with Crippen molar-refractivity contribution in [3.05, 3.63) is 54.0 Å². The van der Waals surface area contributed by atoms with E-state index in [9.17, 15) is 0 Å². The maximum Gasteiger partial charge on any atom is 0.121 e. The molecule has 2 aromatic heterocycles. The molecular weight excluding hydrogens is 238 g/mol. The highest BCUT2D eigenvalue weighted by atomic mass is 16.5. The highest BCUT2D eigenvalue weighted by Crippen LogP contribution is 2.22. The number of hydrogen-bond donors (Lipinski definition) is 1. The summed E-state index contributed by atoms with van der Waals surface area (Å²) < 4.78 is 5.19. The van der Waals surface area contributed by atoms with Gasteiger partial charge in [-0.15, -0.1) is 0 Å². The summed E-state index contributed by atoms with van der Waals surface area (Å²) in [6, 6.07) is 9.78. The van der Waals surface area contributed by atoms with Crippen LogP contribution in [-0.4, -0.2) is 22.3 Å². The quantitative estimate of drug-likeness (QED) is 0.778. The molecule has 0 saturated carbocycles. The number of rotatable bonds is 3. The molecule has 0 aliphatic heterocycles. The van der Waals surface area contributed by atoms with Gasteiger partial charge in [0.15, 0.2) is 0 Å². The van der Waals surface area contributed by atoms with Gasteiger partial charge >= 0.3 is 0 Å². The number of benzene rings is 1. The summed E-state index contributed by atoms with van der Waals surface area (Å²) in [5.41, 5.74) is 2.97. The van der Waals surface area contributed by atoms with Gasteiger partial charge in [0, 0.05) is 23.8 Å². The van der Waals surface area contributed by atoms with Crippen LogP contribution in [0.3, 0.4) is 0 Å². The second kappa shape index (κ2) is 4.94. The van der Waals surface area contributed by atoms with Crippen LogP contribution in [0, 0.1) is 0 Å². The number of nitrogens with zero attached hydrogens (tertiary/aromatic N) is 2. The Morgan fingerprint density at radius 3 is 2.74 bits per heavy atom. The first-order valence-electron chi connectivity index (χ1n) is 5.97. The largest absolute Gasteiger partial charge is 0.497 e. The standard InChI is InChI=1S/C15H13N3O/c1-19-12-3-4-13-14(17-18-15(13)10-12)5-2-11-6-8-16-9-7-11/h2-10H,1H3,(H,17,18)/b5-2+. The van der Waals surface area contributed by atoms with Crippen molar-refractivity contribution in [2.75, 3.05) is 7.11 Å². The van der Waals surface area contributed by atoms with Crippen molar-refractivity contribution < 1.29 is 4.74 Å². The Morgan fingerprint density at radius 2 is 1.95 bits per heavy atom. The third kappa shape index (κ3) is 2.33. The van der Waals surface area contributed by atoms with E-state index in [-0.39, 0.29) is 0 Å². The minimum absolute atomic E-state index is 0.820. The lowest BCUT2D eigenvalue weighted by Crippen LogP contribution is -1.81. The number of aromatic amines is 1. The number of fused-ring (bicyclic) bond motifs is 1. The molecule has 1 aromatic carbocycles. The molecule has 0 aliphatic carbocycles. The summed E-state index contributed by atoms with van der Waals surface area (Å²) in [6.45, 7) is 0. The highest BCUT2D eigenvalue weighted by Gasteiger charge is 2.03. The van der Waals surface area contributed by atoms with Gasteiger partial charge in [0.2, 0.25) is 0 Å². The molecule has 4 heteroatoms. The monoisotopic (exact) mass is 251 g/mol. The van der Waals surface area contributed by atoms with Crippen molar-refractivity contribution in [3.63, 3.8) is 0 Å². The topological polar surface area (TPSA) is 50.8 Å². The molecule has 0 amide bonds. The van der Waals surface area contributed by atoms with Gasteiger partial charge in [-0.05, 0) is 35.9 Å². The number of methoxy groups -OCH3 is 1. The van der Waals surface area contributed by atoms with Crippen LogP contribution in [0.4, 0.5) is 0 Å². The molecule has 0 spiro atoms. The molecule has 94 valence electrons. The Labute approximate surface area is 110 Å². The Balaban J connectivity index is 1.96. The van der Waals surface area contributed by atoms with Gasteiger partial charge in [-0.2, -0.15) is 5.10 Å². The predicted molar refractivity (Wildman–Crippen MR) is 75.8 cm³/mol. The molecule has 0 unspecified atom stereocenters. The fourth-order valence-corrected chi connectivity index (χ4v) is 1.92. The molecule has 1 N–H and O–H groups in total. The number of hydrogen-bond acceptors (Lipinski definition) is 3. The summed E-state index contributed by atoms with van der Waals surface area (Å²) in [4.78, 5) is 3.99. The number of pyridine rings is 1. The van der Waals surface area contributed by atoms with Crippen molar-refractivity contribution in [2.45, 2.75) is 0 Å². The maximum absolute atomic E-state index is 5.19. The second-order valence-corrected chi connectivity index (χ2v) is 4.13. The first-order chi connectivity index (χ1) is 9.36. The van der Waals surface area contributed by atoms with Crippen molar-refractivity contribution in [2.24, 2.45) is 0 Å². The average Bonchev–Trinajstić information content (AvgIpc) is 2.88. The summed E-state index contributed by atoms with van der Waals surface area (Å²) in [5.74, 6) is 0.820. The number of nitrogens with one attached hydrogen (secondary N) is 1. The summed E-state index contributed by atoms with van der Waals surface area (Å²) in [7, 11) is 1.65. The van der Waals surface area contributed by atoms with Gasteiger partial charge in [0.05, 0.1) is 18.3 Å². The van der Waals surface area contributed by atoms with Crippen LogP contribution < -0.4 is 4.74 Å². The van der Waals surface area contributed by atoms with Gasteiger partial charge in [-0.3, -0.25) is 10.1 Å². The van der Waals surface area contributed by atoms with E-state index < -0.39 is 0 Å². The van der Waals surface area contributed by atoms with Crippen LogP contribution in [0.1, 0.15) is 11.3 Å². The predicted octanol–water partition coefficient (Wildman–Crippen LogP) is 3.14. The maximum atomic E-state index is 5.19. The zero-order valence-electron chi connectivity index (χ0n) is 10.5. The smallest absolute Gasteiger partial charge is 0.121 e. The first-order valence-corrected chi connectivity index (χ1v) is 5.97. The second-order valence-electron chi connectivity index (χ2n) is 4.13. The van der Waals surface area contributed by atoms with Gasteiger partial charge < -0.3 is 4.74 Å². The fraction of sp³-hybridized carbons (Fsp3) is 0.0667. The zero-order valence-corrected chi connectivity index (χ0v) is 10.5. The van der Waals surface area contributed by atoms with E-state index in [2.05, 4.69) is 15.2 Å². The van der Waals surface area contributed by atoms with Crippen molar-refractivity contribution in [1.29, 1.82) is 0 Å². The van der Waals surface area contributed by atoms with Gasteiger partial charge in [-0.1, -0.05) is 6.08 Å². The van der Waals surface area contributed by atoms with Gasteiger partial charge in [-0.25, -0.2) is 0 Å². The van der Waals surface area contributed by atoms with Gasteiger partial charge in [0.1, 0.15) is 5.75 Å². The highest BCUT2D eigenvalue weighted by molar-refractivity contribution is 5.90. The molecule has 3 aromatic rings. The molecule has 0 atom stereocenters. The van der Waals surface area contributed by atoms with Gasteiger partial charge in [0.25, 0.3) is 0 Å². The summed E-state index contributed by atoms with van der Waals surface area (Å²) in [6.07, 6.45) is 7.54. The molecule has 3 rings (SSSR count). The molecule has 0 radical (unpaired) electrons. The van der Waals surface area contributed by atoms with E-state index in [0.717, 1.165) is 27.9 Å². The van der Waals surface area contributed by atoms with Crippen molar-refractivity contribution in [3.8, 4) is 5.75 Å². The Kier molecular flexibility index (Phi) is 2.98. The molecule has 0 bridgehead atoms. The van der Waals surface area contributed by atoms with E-state index >= 15 is 0 Å². The van der Waals surface area contributed by atoms with E-state index in [0.29, 0.717) is 0 Å². The van der Waals surface area contributed by atoms with Crippen molar-refractivity contribution >= 4 is 23.1 Å². The molecule has 4 nitrogen and oxygen atoms in total. The average molecular weight is 251 g/mol. The number of H-pyrrole nitrogens is 1. The lowest BCUT2D eigenvalue weighted by molar-refractivity contribution is 0.415. The minimum Gasteiger partial charge on any atom is -0.497 e. The third-order valence-corrected chi connectivity index (χ3v) is 2.94. The molecule has 0 fully saturated rings. The van der Waals surface area contributed by atoms with Crippen molar-refractivity contribution in [1.82, 2.24) is 15.2 Å². The SMILES string of the molecule is COc1ccc2c(/C=C/c3ccncc3)n[nH]c2c1.